The number of alkyl halides is 1. The Labute approximate surface area is 214 Å². The van der Waals surface area contributed by atoms with Gasteiger partial charge in [-0.25, -0.2) is 4.39 Å². The minimum absolute atomic E-state index is 0.490. The number of unbranched alkanes of at least 4 members (excludes halogenated alkanes) is 2. The van der Waals surface area contributed by atoms with Crippen molar-refractivity contribution in [3.63, 3.8) is 0 Å². The van der Waals surface area contributed by atoms with Crippen molar-refractivity contribution in [1.29, 1.82) is 0 Å². The number of allylic oxidation sites excluding steroid dienone is 4. The van der Waals surface area contributed by atoms with Gasteiger partial charge in [0.25, 0.3) is 0 Å². The molecular weight excluding hydrogens is 443 g/mol. The van der Waals surface area contributed by atoms with Crippen LogP contribution in [0.4, 0.5) is 4.39 Å². The molecule has 0 spiro atoms. The third-order valence-electron chi connectivity index (χ3n) is 6.77. The van der Waals surface area contributed by atoms with Crippen LogP contribution in [0.2, 0.25) is 0 Å². The number of amidine groups is 1. The van der Waals surface area contributed by atoms with Crippen molar-refractivity contribution in [1.82, 2.24) is 15.1 Å². The first-order valence-corrected chi connectivity index (χ1v) is 13.3. The molecule has 202 valence electrons. The smallest absolute Gasteiger partial charge is 0.155 e. The lowest BCUT2D eigenvalue weighted by Crippen LogP contribution is -2.44. The number of aliphatic imine (C=N–C) groups is 1. The fraction of sp³-hybridized carbons (Fsp3) is 0.750. The highest BCUT2D eigenvalue weighted by atomic mass is 19.1. The van der Waals surface area contributed by atoms with Gasteiger partial charge in [-0.3, -0.25) is 9.89 Å². The number of nitrogens with one attached hydrogen (secondary N) is 1. The highest BCUT2D eigenvalue weighted by Gasteiger charge is 2.38. The van der Waals surface area contributed by atoms with E-state index in [0.29, 0.717) is 37.3 Å². The fourth-order valence-corrected chi connectivity index (χ4v) is 4.01. The van der Waals surface area contributed by atoms with Crippen LogP contribution < -0.4 is 5.32 Å². The van der Waals surface area contributed by atoms with E-state index >= 15 is 4.39 Å². The molecule has 0 saturated carbocycles. The molecule has 1 fully saturated rings. The van der Waals surface area contributed by atoms with Gasteiger partial charge in [0.2, 0.25) is 0 Å². The molecule has 0 aromatic carbocycles. The number of hydrogen-bond donors (Lipinski definition) is 1. The van der Waals surface area contributed by atoms with Gasteiger partial charge in [-0.05, 0) is 32.6 Å². The van der Waals surface area contributed by atoms with Crippen molar-refractivity contribution in [2.24, 2.45) is 4.99 Å². The predicted molar refractivity (Wildman–Crippen MR) is 147 cm³/mol. The molecule has 7 heteroatoms. The lowest BCUT2D eigenvalue weighted by Gasteiger charge is -2.36. The maximum Gasteiger partial charge on any atom is 0.155 e. The van der Waals surface area contributed by atoms with Gasteiger partial charge in [-0.2, -0.15) is 0 Å². The molecule has 0 aliphatic carbocycles. The highest BCUT2D eigenvalue weighted by molar-refractivity contribution is 5.84. The fourth-order valence-electron chi connectivity index (χ4n) is 4.01. The second-order valence-corrected chi connectivity index (χ2v) is 9.42. The summed E-state index contributed by atoms with van der Waals surface area (Å²) in [6.07, 6.45) is 10.6. The summed E-state index contributed by atoms with van der Waals surface area (Å²) in [6, 6.07) is 0. The molecule has 6 nitrogen and oxygen atoms in total. The van der Waals surface area contributed by atoms with Crippen molar-refractivity contribution >= 4 is 5.84 Å². The minimum atomic E-state index is -1.30. The van der Waals surface area contributed by atoms with Crippen LogP contribution in [0.1, 0.15) is 59.3 Å². The SMILES string of the molecule is C=C(C(=CC/C=C/CCCC)[C@H](F)C(C)(CC)OCCN1CCCOCC1)N(C)C/C(=N\C)NC. The Kier molecular flexibility index (Phi) is 15.8. The molecule has 1 aliphatic heterocycles. The van der Waals surface area contributed by atoms with Crippen LogP contribution in [0.25, 0.3) is 0 Å². The summed E-state index contributed by atoms with van der Waals surface area (Å²) in [5.74, 6) is 0.818. The zero-order valence-corrected chi connectivity index (χ0v) is 23.2. The molecule has 0 aromatic rings. The quantitative estimate of drug-likeness (QED) is 0.108. The van der Waals surface area contributed by atoms with Crippen molar-refractivity contribution in [2.45, 2.75) is 71.1 Å². The third kappa shape index (κ3) is 11.3. The van der Waals surface area contributed by atoms with Gasteiger partial charge in [0.05, 0.1) is 19.8 Å². The van der Waals surface area contributed by atoms with Gasteiger partial charge in [0.1, 0.15) is 11.4 Å². The van der Waals surface area contributed by atoms with Gasteiger partial charge in [-0.15, -0.1) is 0 Å². The van der Waals surface area contributed by atoms with Crippen molar-refractivity contribution in [2.75, 3.05) is 67.1 Å². The molecule has 1 heterocycles. The maximum absolute atomic E-state index is 16.3. The second kappa shape index (κ2) is 17.7. The van der Waals surface area contributed by atoms with Crippen molar-refractivity contribution < 1.29 is 13.9 Å². The summed E-state index contributed by atoms with van der Waals surface area (Å²) in [7, 11) is 5.51. The van der Waals surface area contributed by atoms with Gasteiger partial charge in [-0.1, -0.05) is 51.5 Å². The molecule has 1 N–H and O–H groups in total. The van der Waals surface area contributed by atoms with Gasteiger partial charge < -0.3 is 19.7 Å². The molecule has 0 aromatic heterocycles. The summed E-state index contributed by atoms with van der Waals surface area (Å²) < 4.78 is 28.1. The van der Waals surface area contributed by atoms with Crippen LogP contribution >= 0.6 is 0 Å². The van der Waals surface area contributed by atoms with E-state index in [-0.39, 0.29) is 0 Å². The van der Waals surface area contributed by atoms with E-state index in [2.05, 4.69) is 40.9 Å². The molecule has 1 aliphatic rings. The number of nitrogens with zero attached hydrogens (tertiary/aromatic N) is 3. The van der Waals surface area contributed by atoms with Crippen LogP contribution in [0.15, 0.2) is 41.1 Å². The van der Waals surface area contributed by atoms with Crippen LogP contribution in [0.5, 0.6) is 0 Å². The van der Waals surface area contributed by atoms with E-state index < -0.39 is 11.8 Å². The Hall–Kier alpha value is -1.70. The first kappa shape index (κ1) is 31.3. The predicted octanol–water partition coefficient (Wildman–Crippen LogP) is 4.99. The van der Waals surface area contributed by atoms with E-state index in [0.717, 1.165) is 51.5 Å². The van der Waals surface area contributed by atoms with Crippen LogP contribution in [-0.4, -0.2) is 94.6 Å². The molecule has 1 unspecified atom stereocenters. The Balaban J connectivity index is 2.98. The topological polar surface area (TPSA) is 49.3 Å². The first-order valence-electron chi connectivity index (χ1n) is 13.3. The standard InChI is InChI=1S/C28H51FN4O2/c1-8-10-11-12-13-14-16-25(24(3)32(7)23-26(30-5)31-6)27(29)28(4,9-2)35-22-19-33-17-15-20-34-21-18-33/h12-13,16,27H,3,8-11,14-15,17-23H2,1-2,4-7H3,(H,30,31)/b13-12+,25-16?/t27-,28?/m0/s1. The molecule has 0 amide bonds. The number of ether oxygens (including phenoxy) is 2. The molecule has 1 rings (SSSR count). The summed E-state index contributed by atoms with van der Waals surface area (Å²) in [5.41, 5.74) is 0.310. The normalized spacial score (nSPS) is 18.8. The van der Waals surface area contributed by atoms with E-state index in [9.17, 15) is 0 Å². The van der Waals surface area contributed by atoms with Crippen molar-refractivity contribution in [3.8, 4) is 0 Å². The zero-order valence-electron chi connectivity index (χ0n) is 23.2. The Morgan fingerprint density at radius 2 is 2.09 bits per heavy atom. The zero-order chi connectivity index (χ0) is 26.1. The van der Waals surface area contributed by atoms with Gasteiger partial charge in [0.15, 0.2) is 6.17 Å². The summed E-state index contributed by atoms with van der Waals surface area (Å²) in [6.45, 7) is 15.6. The van der Waals surface area contributed by atoms with Crippen LogP contribution in [-0.2, 0) is 9.47 Å². The van der Waals surface area contributed by atoms with E-state index in [1.54, 1.807) is 7.05 Å². The van der Waals surface area contributed by atoms with Gasteiger partial charge in [0, 0.05) is 58.7 Å². The first-order chi connectivity index (χ1) is 16.8. The molecule has 0 radical (unpaired) electrons. The van der Waals surface area contributed by atoms with E-state index in [1.807, 2.05) is 38.9 Å². The highest BCUT2D eigenvalue weighted by Crippen LogP contribution is 2.32. The lowest BCUT2D eigenvalue weighted by molar-refractivity contribution is -0.0805. The molecule has 2 atom stereocenters. The Morgan fingerprint density at radius 3 is 2.74 bits per heavy atom. The van der Waals surface area contributed by atoms with Crippen LogP contribution in [0.3, 0.4) is 0 Å². The molecular formula is C28H51FN4O2. The molecule has 0 bridgehead atoms. The van der Waals surface area contributed by atoms with Crippen LogP contribution in [0, 0.1) is 0 Å². The largest absolute Gasteiger partial charge is 0.380 e. The Bertz CT molecular complexity index is 686. The average molecular weight is 495 g/mol. The number of likely N-dealkylation sites (N-methyl/N-ethyl adjacent to an activating group) is 2. The Morgan fingerprint density at radius 1 is 1.31 bits per heavy atom. The average Bonchev–Trinajstić information content (AvgIpc) is 3.14. The third-order valence-corrected chi connectivity index (χ3v) is 6.77. The second-order valence-electron chi connectivity index (χ2n) is 9.42. The van der Waals surface area contributed by atoms with Gasteiger partial charge >= 0.3 is 0 Å². The monoisotopic (exact) mass is 494 g/mol. The maximum atomic E-state index is 16.3. The molecule has 1 saturated heterocycles. The molecule has 35 heavy (non-hydrogen) atoms. The number of rotatable bonds is 16. The lowest BCUT2D eigenvalue weighted by atomic mass is 9.89. The number of halogens is 1. The summed E-state index contributed by atoms with van der Waals surface area (Å²) in [4.78, 5) is 8.54. The summed E-state index contributed by atoms with van der Waals surface area (Å²) >= 11 is 0. The number of hydrogen-bond acceptors (Lipinski definition) is 5. The van der Waals surface area contributed by atoms with E-state index in [1.165, 1.54) is 12.8 Å². The summed E-state index contributed by atoms with van der Waals surface area (Å²) in [5, 5.41) is 3.09. The van der Waals surface area contributed by atoms with Crippen molar-refractivity contribution in [3.05, 3.63) is 36.1 Å². The van der Waals surface area contributed by atoms with E-state index in [4.69, 9.17) is 9.47 Å². The minimum Gasteiger partial charge on any atom is -0.380 e.